The number of ether oxygens (including phenoxy) is 1. The Morgan fingerprint density at radius 3 is 2.82 bits per heavy atom. The van der Waals surface area contributed by atoms with Crippen molar-refractivity contribution in [2.75, 3.05) is 7.11 Å². The molecule has 22 heavy (non-hydrogen) atoms. The van der Waals surface area contributed by atoms with Crippen LogP contribution >= 0.6 is 0 Å². The highest BCUT2D eigenvalue weighted by Crippen LogP contribution is 2.28. The molecule has 0 unspecified atom stereocenters. The Bertz CT molecular complexity index is 767. The van der Waals surface area contributed by atoms with E-state index in [1.54, 1.807) is 12.1 Å². The van der Waals surface area contributed by atoms with Crippen LogP contribution in [0.5, 0.6) is 5.75 Å². The summed E-state index contributed by atoms with van der Waals surface area (Å²) in [6.45, 7) is 0. The Hall–Kier alpha value is -2.69. The van der Waals surface area contributed by atoms with Crippen molar-refractivity contribution in [2.24, 2.45) is 0 Å². The highest BCUT2D eigenvalue weighted by Gasteiger charge is 2.19. The molecular weight excluding hydrogens is 282 g/mol. The lowest BCUT2D eigenvalue weighted by molar-refractivity contribution is 0.0590. The Balaban J connectivity index is 2.06. The summed E-state index contributed by atoms with van der Waals surface area (Å²) >= 11 is 0. The lowest BCUT2D eigenvalue weighted by Crippen LogP contribution is -2.11. The molecule has 2 aromatic rings. The number of fused-ring (bicyclic) bond motifs is 1. The molecule has 0 amide bonds. The molecule has 5 heteroatoms. The highest BCUT2D eigenvalue weighted by molar-refractivity contribution is 5.99. The molecule has 1 aromatic carbocycles. The van der Waals surface area contributed by atoms with Gasteiger partial charge in [-0.05, 0) is 36.6 Å². The number of hydrogen-bond donors (Lipinski definition) is 1. The topological polar surface area (TPSA) is 76.5 Å². The minimum Gasteiger partial charge on any atom is -0.505 e. The molecular formula is C17H15NO4. The van der Waals surface area contributed by atoms with Gasteiger partial charge in [0.2, 0.25) is 0 Å². The number of benzene rings is 1. The molecule has 0 spiro atoms. The normalized spacial score (nSPS) is 13.6. The molecule has 1 heterocycles. The summed E-state index contributed by atoms with van der Waals surface area (Å²) < 4.78 is 4.60. The maximum absolute atomic E-state index is 12.0. The predicted octanol–water partition coefficient (Wildman–Crippen LogP) is 2.76. The average molecular weight is 297 g/mol. The van der Waals surface area contributed by atoms with E-state index in [1.165, 1.54) is 13.2 Å². The van der Waals surface area contributed by atoms with Crippen molar-refractivity contribution in [3.63, 3.8) is 0 Å². The Morgan fingerprint density at radius 1 is 1.23 bits per heavy atom. The van der Waals surface area contributed by atoms with Gasteiger partial charge >= 0.3 is 5.97 Å². The van der Waals surface area contributed by atoms with Crippen LogP contribution in [0.15, 0.2) is 30.3 Å². The van der Waals surface area contributed by atoms with Crippen molar-refractivity contribution in [3.05, 3.63) is 47.2 Å². The summed E-state index contributed by atoms with van der Waals surface area (Å²) in [4.78, 5) is 27.8. The van der Waals surface area contributed by atoms with Crippen molar-refractivity contribution in [1.82, 2.24) is 4.98 Å². The molecule has 3 rings (SSSR count). The van der Waals surface area contributed by atoms with E-state index in [0.29, 0.717) is 12.1 Å². The highest BCUT2D eigenvalue weighted by atomic mass is 16.5. The lowest BCUT2D eigenvalue weighted by atomic mass is 9.89. The van der Waals surface area contributed by atoms with E-state index in [9.17, 15) is 14.7 Å². The standard InChI is InChI=1S/C17H15NO4/c1-22-17(21)16-15(20)8-7-13(18-16)11-6-5-10-3-2-4-14(19)12(10)9-11/h5-9,20H,2-4H2,1H3. The average Bonchev–Trinajstić information content (AvgIpc) is 2.55. The first-order valence-corrected chi connectivity index (χ1v) is 7.05. The minimum atomic E-state index is -0.701. The molecule has 1 N–H and O–H groups in total. The zero-order valence-electron chi connectivity index (χ0n) is 12.1. The van der Waals surface area contributed by atoms with Gasteiger partial charge in [-0.3, -0.25) is 4.79 Å². The van der Waals surface area contributed by atoms with Crippen LogP contribution in [0.4, 0.5) is 0 Å². The molecule has 0 radical (unpaired) electrons. The zero-order chi connectivity index (χ0) is 15.7. The fourth-order valence-electron chi connectivity index (χ4n) is 2.65. The van der Waals surface area contributed by atoms with Crippen LogP contribution in [0.25, 0.3) is 11.3 Å². The van der Waals surface area contributed by atoms with E-state index in [-0.39, 0.29) is 17.2 Å². The van der Waals surface area contributed by atoms with Gasteiger partial charge in [0.15, 0.2) is 11.5 Å². The van der Waals surface area contributed by atoms with Crippen molar-refractivity contribution in [3.8, 4) is 17.0 Å². The van der Waals surface area contributed by atoms with E-state index in [1.807, 2.05) is 12.1 Å². The number of pyridine rings is 1. The van der Waals surface area contributed by atoms with Gasteiger partial charge in [0, 0.05) is 17.5 Å². The van der Waals surface area contributed by atoms with Gasteiger partial charge in [0.25, 0.3) is 0 Å². The van der Waals surface area contributed by atoms with E-state index >= 15 is 0 Å². The largest absolute Gasteiger partial charge is 0.505 e. The number of carbonyl (C=O) groups is 2. The van der Waals surface area contributed by atoms with Crippen molar-refractivity contribution in [1.29, 1.82) is 0 Å². The summed E-state index contributed by atoms with van der Waals surface area (Å²) in [5, 5.41) is 9.70. The van der Waals surface area contributed by atoms with Crippen LogP contribution in [0.1, 0.15) is 39.3 Å². The fourth-order valence-corrected chi connectivity index (χ4v) is 2.65. The third kappa shape index (κ3) is 2.45. The zero-order valence-corrected chi connectivity index (χ0v) is 12.1. The first-order chi connectivity index (χ1) is 10.6. The van der Waals surface area contributed by atoms with Gasteiger partial charge in [0.05, 0.1) is 12.8 Å². The van der Waals surface area contributed by atoms with Crippen molar-refractivity contribution in [2.45, 2.75) is 19.3 Å². The summed E-state index contributed by atoms with van der Waals surface area (Å²) in [5.41, 5.74) is 2.88. The molecule has 0 saturated carbocycles. The maximum Gasteiger partial charge on any atom is 0.360 e. The Morgan fingerprint density at radius 2 is 2.05 bits per heavy atom. The van der Waals surface area contributed by atoms with E-state index in [2.05, 4.69) is 9.72 Å². The van der Waals surface area contributed by atoms with E-state index in [4.69, 9.17) is 0 Å². The number of rotatable bonds is 2. The van der Waals surface area contributed by atoms with Gasteiger partial charge in [-0.15, -0.1) is 0 Å². The molecule has 5 nitrogen and oxygen atoms in total. The molecule has 1 aliphatic rings. The molecule has 0 atom stereocenters. The molecule has 0 bridgehead atoms. The molecule has 0 saturated heterocycles. The van der Waals surface area contributed by atoms with Gasteiger partial charge < -0.3 is 9.84 Å². The number of hydrogen-bond acceptors (Lipinski definition) is 5. The SMILES string of the molecule is COC(=O)c1nc(-c2ccc3c(c2)C(=O)CCC3)ccc1O. The van der Waals surface area contributed by atoms with Gasteiger partial charge in [0.1, 0.15) is 5.75 Å². The van der Waals surface area contributed by atoms with Crippen LogP contribution < -0.4 is 0 Å². The van der Waals surface area contributed by atoms with Gasteiger partial charge in [-0.1, -0.05) is 12.1 Å². The Kier molecular flexibility index (Phi) is 3.63. The summed E-state index contributed by atoms with van der Waals surface area (Å²) in [6, 6.07) is 8.61. The first kappa shape index (κ1) is 14.3. The molecule has 1 aromatic heterocycles. The summed E-state index contributed by atoms with van der Waals surface area (Å²) in [5.74, 6) is -0.798. The second-order valence-electron chi connectivity index (χ2n) is 5.20. The fraction of sp³-hybridized carbons (Fsp3) is 0.235. The third-order valence-electron chi connectivity index (χ3n) is 3.81. The predicted molar refractivity (Wildman–Crippen MR) is 79.9 cm³/mol. The number of aryl methyl sites for hydroxylation is 1. The van der Waals surface area contributed by atoms with Gasteiger partial charge in [-0.25, -0.2) is 9.78 Å². The number of Topliss-reactive ketones (excluding diaryl/α,β-unsaturated/α-hetero) is 1. The molecule has 112 valence electrons. The number of esters is 1. The second kappa shape index (κ2) is 5.60. The van der Waals surface area contributed by atoms with Crippen LogP contribution in [-0.4, -0.2) is 29.0 Å². The lowest BCUT2D eigenvalue weighted by Gasteiger charge is -2.15. The Labute approximate surface area is 127 Å². The van der Waals surface area contributed by atoms with Crippen molar-refractivity contribution >= 4 is 11.8 Å². The number of aromatic hydroxyl groups is 1. The van der Waals surface area contributed by atoms with Crippen LogP contribution in [0.2, 0.25) is 0 Å². The number of methoxy groups -OCH3 is 1. The van der Waals surface area contributed by atoms with Crippen LogP contribution in [0, 0.1) is 0 Å². The maximum atomic E-state index is 12.0. The second-order valence-corrected chi connectivity index (χ2v) is 5.20. The smallest absolute Gasteiger partial charge is 0.360 e. The summed E-state index contributed by atoms with van der Waals surface area (Å²) in [6.07, 6.45) is 2.35. The number of nitrogens with zero attached hydrogens (tertiary/aromatic N) is 1. The van der Waals surface area contributed by atoms with Crippen LogP contribution in [-0.2, 0) is 11.2 Å². The van der Waals surface area contributed by atoms with Crippen LogP contribution in [0.3, 0.4) is 0 Å². The number of carbonyl (C=O) groups excluding carboxylic acids is 2. The number of aromatic nitrogens is 1. The molecule has 0 aliphatic heterocycles. The first-order valence-electron chi connectivity index (χ1n) is 7.05. The molecule has 1 aliphatic carbocycles. The molecule has 0 fully saturated rings. The van der Waals surface area contributed by atoms with E-state index < -0.39 is 5.97 Å². The van der Waals surface area contributed by atoms with E-state index in [0.717, 1.165) is 29.5 Å². The number of ketones is 1. The minimum absolute atomic E-state index is 0.134. The monoisotopic (exact) mass is 297 g/mol. The quantitative estimate of drug-likeness (QED) is 0.862. The summed E-state index contributed by atoms with van der Waals surface area (Å²) in [7, 11) is 1.23. The van der Waals surface area contributed by atoms with Crippen molar-refractivity contribution < 1.29 is 19.4 Å². The third-order valence-corrected chi connectivity index (χ3v) is 3.81. The van der Waals surface area contributed by atoms with Gasteiger partial charge in [-0.2, -0.15) is 0 Å².